The van der Waals surface area contributed by atoms with Crippen LogP contribution >= 0.6 is 11.6 Å². The summed E-state index contributed by atoms with van der Waals surface area (Å²) in [6.07, 6.45) is 1.71. The van der Waals surface area contributed by atoms with E-state index >= 15 is 0 Å². The van der Waals surface area contributed by atoms with Crippen LogP contribution in [0.1, 0.15) is 10.4 Å². The van der Waals surface area contributed by atoms with E-state index in [4.69, 9.17) is 16.3 Å². The molecule has 2 heterocycles. The summed E-state index contributed by atoms with van der Waals surface area (Å²) in [6, 6.07) is 23.0. The number of rotatable bonds is 5. The lowest BCUT2D eigenvalue weighted by atomic mass is 10.1. The zero-order chi connectivity index (χ0) is 23.5. The fourth-order valence-corrected chi connectivity index (χ4v) is 4.34. The number of nitrogens with zero attached hydrogens (tertiary/aromatic N) is 5. The first-order valence-electron chi connectivity index (χ1n) is 11.1. The van der Waals surface area contributed by atoms with Gasteiger partial charge in [-0.1, -0.05) is 41.1 Å². The number of para-hydroxylation sites is 2. The van der Waals surface area contributed by atoms with Gasteiger partial charge in [-0.05, 0) is 48.5 Å². The number of carbonyl (C=O) groups excluding carboxylic acids is 1. The Labute approximate surface area is 203 Å². The van der Waals surface area contributed by atoms with Crippen molar-refractivity contribution in [2.24, 2.45) is 0 Å². The lowest BCUT2D eigenvalue weighted by molar-refractivity contribution is 0.0746. The van der Waals surface area contributed by atoms with Crippen LogP contribution in [0.25, 0.3) is 16.9 Å². The first kappa shape index (κ1) is 22.0. The second-order valence-electron chi connectivity index (χ2n) is 8.04. The monoisotopic (exact) mass is 473 g/mol. The van der Waals surface area contributed by atoms with Crippen LogP contribution in [0.2, 0.25) is 5.02 Å². The molecular weight excluding hydrogens is 450 g/mol. The molecule has 0 radical (unpaired) electrons. The van der Waals surface area contributed by atoms with Crippen molar-refractivity contribution in [2.75, 3.05) is 38.2 Å². The van der Waals surface area contributed by atoms with E-state index in [1.165, 1.54) is 0 Å². The molecule has 7 nitrogen and oxygen atoms in total. The molecule has 34 heavy (non-hydrogen) atoms. The van der Waals surface area contributed by atoms with Gasteiger partial charge in [0.2, 0.25) is 0 Å². The van der Waals surface area contributed by atoms with Crippen LogP contribution in [0.3, 0.4) is 0 Å². The summed E-state index contributed by atoms with van der Waals surface area (Å²) in [5, 5.41) is 8.96. The quantitative estimate of drug-likeness (QED) is 0.425. The fourth-order valence-electron chi connectivity index (χ4n) is 4.21. The van der Waals surface area contributed by atoms with Crippen molar-refractivity contribution >= 4 is 23.2 Å². The Hall–Kier alpha value is -3.84. The minimum absolute atomic E-state index is 0.0303. The van der Waals surface area contributed by atoms with Crippen molar-refractivity contribution in [3.8, 4) is 22.7 Å². The van der Waals surface area contributed by atoms with Crippen molar-refractivity contribution in [1.29, 1.82) is 0 Å². The third-order valence-electron chi connectivity index (χ3n) is 6.04. The zero-order valence-corrected chi connectivity index (χ0v) is 19.5. The maximum absolute atomic E-state index is 13.1. The van der Waals surface area contributed by atoms with E-state index in [1.807, 2.05) is 71.6 Å². The van der Waals surface area contributed by atoms with E-state index in [-0.39, 0.29) is 5.91 Å². The van der Waals surface area contributed by atoms with Crippen molar-refractivity contribution in [3.05, 3.63) is 89.6 Å². The summed E-state index contributed by atoms with van der Waals surface area (Å²) in [6.45, 7) is 2.83. The first-order valence-corrected chi connectivity index (χ1v) is 11.5. The summed E-state index contributed by atoms with van der Waals surface area (Å²) in [5.41, 5.74) is 4.36. The SMILES string of the molecule is COc1ccccc1N1CCN(C(=O)c2ccc(-n3nncc3-c3ccc(Cl)cc3)cc2)CC1. The number of hydrogen-bond acceptors (Lipinski definition) is 5. The van der Waals surface area contributed by atoms with Crippen LogP contribution in [0, 0.1) is 0 Å². The highest BCUT2D eigenvalue weighted by molar-refractivity contribution is 6.30. The van der Waals surface area contributed by atoms with E-state index < -0.39 is 0 Å². The maximum Gasteiger partial charge on any atom is 0.253 e. The number of benzene rings is 3. The summed E-state index contributed by atoms with van der Waals surface area (Å²) in [7, 11) is 1.68. The minimum atomic E-state index is 0.0303. The van der Waals surface area contributed by atoms with Crippen LogP contribution in [0.5, 0.6) is 5.75 Å². The topological polar surface area (TPSA) is 63.5 Å². The average Bonchev–Trinajstić information content (AvgIpc) is 3.39. The van der Waals surface area contributed by atoms with Gasteiger partial charge < -0.3 is 14.5 Å². The molecule has 0 N–H and O–H groups in total. The van der Waals surface area contributed by atoms with Gasteiger partial charge in [0.1, 0.15) is 5.75 Å². The summed E-state index contributed by atoms with van der Waals surface area (Å²) in [4.78, 5) is 17.3. The van der Waals surface area contributed by atoms with E-state index in [1.54, 1.807) is 18.0 Å². The highest BCUT2D eigenvalue weighted by Gasteiger charge is 2.24. The van der Waals surface area contributed by atoms with Gasteiger partial charge >= 0.3 is 0 Å². The number of piperazine rings is 1. The number of ether oxygens (including phenoxy) is 1. The van der Waals surface area contributed by atoms with E-state index in [0.29, 0.717) is 23.7 Å². The molecular formula is C26H24ClN5O2. The Balaban J connectivity index is 1.27. The van der Waals surface area contributed by atoms with Crippen LogP contribution < -0.4 is 9.64 Å². The highest BCUT2D eigenvalue weighted by Crippen LogP contribution is 2.29. The van der Waals surface area contributed by atoms with Gasteiger partial charge in [0.25, 0.3) is 5.91 Å². The van der Waals surface area contributed by atoms with Crippen LogP contribution in [-0.4, -0.2) is 59.1 Å². The number of carbonyl (C=O) groups is 1. The Kier molecular flexibility index (Phi) is 6.18. The molecule has 5 rings (SSSR count). The Morgan fingerprint density at radius 3 is 2.32 bits per heavy atom. The largest absolute Gasteiger partial charge is 0.495 e. The summed E-state index contributed by atoms with van der Waals surface area (Å²) in [5.74, 6) is 0.881. The number of anilines is 1. The average molecular weight is 474 g/mol. The van der Waals surface area contributed by atoms with Gasteiger partial charge in [-0.3, -0.25) is 4.79 Å². The molecule has 0 saturated carbocycles. The van der Waals surface area contributed by atoms with Crippen molar-refractivity contribution in [3.63, 3.8) is 0 Å². The molecule has 1 aliphatic heterocycles. The third-order valence-corrected chi connectivity index (χ3v) is 6.29. The van der Waals surface area contributed by atoms with Gasteiger partial charge in [0.05, 0.1) is 30.4 Å². The second-order valence-corrected chi connectivity index (χ2v) is 8.47. The van der Waals surface area contributed by atoms with Gasteiger partial charge in [0.15, 0.2) is 0 Å². The lowest BCUT2D eigenvalue weighted by Gasteiger charge is -2.36. The second kappa shape index (κ2) is 9.57. The van der Waals surface area contributed by atoms with Crippen molar-refractivity contribution in [1.82, 2.24) is 19.9 Å². The summed E-state index contributed by atoms with van der Waals surface area (Å²) < 4.78 is 7.24. The molecule has 0 bridgehead atoms. The molecule has 4 aromatic rings. The standard InChI is InChI=1S/C26H24ClN5O2/c1-34-25-5-3-2-4-23(25)30-14-16-31(17-15-30)26(33)20-8-12-22(13-9-20)32-24(18-28-29-32)19-6-10-21(27)11-7-19/h2-13,18H,14-17H2,1H3. The highest BCUT2D eigenvalue weighted by atomic mass is 35.5. The van der Waals surface area contributed by atoms with Crippen LogP contribution in [0.15, 0.2) is 79.0 Å². The third kappa shape index (κ3) is 4.34. The fraction of sp³-hybridized carbons (Fsp3) is 0.192. The Morgan fingerprint density at radius 2 is 1.62 bits per heavy atom. The van der Waals surface area contributed by atoms with Gasteiger partial charge in [-0.25, -0.2) is 4.68 Å². The molecule has 3 aromatic carbocycles. The molecule has 0 atom stereocenters. The number of halogens is 1. The van der Waals surface area contributed by atoms with Crippen LogP contribution in [0.4, 0.5) is 5.69 Å². The van der Waals surface area contributed by atoms with Crippen molar-refractivity contribution in [2.45, 2.75) is 0 Å². The molecule has 1 amide bonds. The number of methoxy groups -OCH3 is 1. The predicted octanol–water partition coefficient (Wildman–Crippen LogP) is 4.56. The molecule has 172 valence electrons. The Morgan fingerprint density at radius 1 is 0.912 bits per heavy atom. The number of hydrogen-bond donors (Lipinski definition) is 0. The van der Waals surface area contributed by atoms with E-state index in [2.05, 4.69) is 21.3 Å². The minimum Gasteiger partial charge on any atom is -0.495 e. The van der Waals surface area contributed by atoms with E-state index in [9.17, 15) is 4.79 Å². The van der Waals surface area contributed by atoms with Crippen LogP contribution in [-0.2, 0) is 0 Å². The molecule has 0 unspecified atom stereocenters. The maximum atomic E-state index is 13.1. The lowest BCUT2D eigenvalue weighted by Crippen LogP contribution is -2.48. The van der Waals surface area contributed by atoms with Gasteiger partial charge in [-0.15, -0.1) is 5.10 Å². The summed E-state index contributed by atoms with van der Waals surface area (Å²) >= 11 is 6.01. The molecule has 1 fully saturated rings. The molecule has 0 spiro atoms. The zero-order valence-electron chi connectivity index (χ0n) is 18.8. The molecule has 8 heteroatoms. The van der Waals surface area contributed by atoms with Crippen molar-refractivity contribution < 1.29 is 9.53 Å². The smallest absolute Gasteiger partial charge is 0.253 e. The van der Waals surface area contributed by atoms with Gasteiger partial charge in [0, 0.05) is 42.3 Å². The Bertz CT molecular complexity index is 1280. The number of aromatic nitrogens is 3. The predicted molar refractivity (Wildman–Crippen MR) is 133 cm³/mol. The van der Waals surface area contributed by atoms with Gasteiger partial charge in [-0.2, -0.15) is 0 Å². The first-order chi connectivity index (χ1) is 16.6. The normalized spacial score (nSPS) is 13.7. The number of amides is 1. The molecule has 1 aliphatic rings. The molecule has 1 aromatic heterocycles. The van der Waals surface area contributed by atoms with E-state index in [0.717, 1.165) is 41.5 Å². The molecule has 1 saturated heterocycles. The molecule has 0 aliphatic carbocycles.